The van der Waals surface area contributed by atoms with Gasteiger partial charge in [0, 0.05) is 13.0 Å². The van der Waals surface area contributed by atoms with Gasteiger partial charge < -0.3 is 5.32 Å². The highest BCUT2D eigenvalue weighted by molar-refractivity contribution is 7.89. The van der Waals surface area contributed by atoms with Crippen LogP contribution in [-0.2, 0) is 19.6 Å². The van der Waals surface area contributed by atoms with Crippen molar-refractivity contribution in [1.29, 1.82) is 0 Å². The number of nitrogens with one attached hydrogen (secondary N) is 3. The Morgan fingerprint density at radius 1 is 1.19 bits per heavy atom. The quantitative estimate of drug-likeness (QED) is 0.548. The fourth-order valence-corrected chi connectivity index (χ4v) is 4.94. The minimum atomic E-state index is -3.76. The van der Waals surface area contributed by atoms with Gasteiger partial charge in [-0.25, -0.2) is 17.9 Å². The van der Waals surface area contributed by atoms with Gasteiger partial charge in [0.05, 0.1) is 4.90 Å². The molecule has 0 radical (unpaired) electrons. The predicted octanol–water partition coefficient (Wildman–Crippen LogP) is 2.01. The van der Waals surface area contributed by atoms with E-state index in [-0.39, 0.29) is 23.8 Å². The molecular weight excluding hydrogens is 420 g/mol. The number of nitrogens with zero attached hydrogens (tertiary/aromatic N) is 1. The van der Waals surface area contributed by atoms with Crippen molar-refractivity contribution in [3.05, 3.63) is 29.8 Å². The lowest BCUT2D eigenvalue weighted by atomic mass is 9.77. The zero-order valence-corrected chi connectivity index (χ0v) is 18.9. The smallest absolute Gasteiger partial charge is 0.322 e. The molecule has 170 valence electrons. The molecule has 10 heteroatoms. The Bertz CT molecular complexity index is 950. The summed E-state index contributed by atoms with van der Waals surface area (Å²) in [5.41, 5.74) is 2.39. The molecular formula is C21H30N4O5S. The van der Waals surface area contributed by atoms with Gasteiger partial charge in [0.25, 0.3) is 5.91 Å². The molecule has 3 N–H and O–H groups in total. The number of sulfonamides is 1. The van der Waals surface area contributed by atoms with Gasteiger partial charge in [-0.05, 0) is 55.2 Å². The van der Waals surface area contributed by atoms with Gasteiger partial charge in [0.1, 0.15) is 5.54 Å². The number of carbonyl (C=O) groups excluding carboxylic acids is 3. The first-order chi connectivity index (χ1) is 14.5. The number of carbonyl (C=O) groups is 3. The number of hydrogen-bond acceptors (Lipinski definition) is 5. The summed E-state index contributed by atoms with van der Waals surface area (Å²) in [7, 11) is -3.76. The van der Waals surface area contributed by atoms with E-state index < -0.39 is 33.4 Å². The summed E-state index contributed by atoms with van der Waals surface area (Å²) >= 11 is 0. The van der Waals surface area contributed by atoms with Crippen LogP contribution >= 0.6 is 0 Å². The first-order valence-electron chi connectivity index (χ1n) is 10.6. The highest BCUT2D eigenvalue weighted by Crippen LogP contribution is 2.35. The first-order valence-corrected chi connectivity index (χ1v) is 12.1. The van der Waals surface area contributed by atoms with E-state index in [1.165, 1.54) is 12.1 Å². The lowest BCUT2D eigenvalue weighted by Gasteiger charge is -2.33. The van der Waals surface area contributed by atoms with Crippen molar-refractivity contribution in [2.24, 2.45) is 5.92 Å². The highest BCUT2D eigenvalue weighted by atomic mass is 32.2. The number of benzene rings is 1. The number of imide groups is 1. The van der Waals surface area contributed by atoms with Crippen LogP contribution in [-0.4, -0.2) is 43.4 Å². The van der Waals surface area contributed by atoms with Crippen molar-refractivity contribution in [3.8, 4) is 0 Å². The summed E-state index contributed by atoms with van der Waals surface area (Å²) in [6.07, 6.45) is 2.52. The van der Waals surface area contributed by atoms with Crippen LogP contribution in [0.2, 0.25) is 0 Å². The van der Waals surface area contributed by atoms with Crippen molar-refractivity contribution in [3.63, 3.8) is 0 Å². The first kappa shape index (κ1) is 23.2. The van der Waals surface area contributed by atoms with Crippen LogP contribution < -0.4 is 15.5 Å². The van der Waals surface area contributed by atoms with Gasteiger partial charge in [-0.15, -0.1) is 0 Å². The molecule has 31 heavy (non-hydrogen) atoms. The molecule has 2 aliphatic rings. The normalized spacial score (nSPS) is 24.0. The summed E-state index contributed by atoms with van der Waals surface area (Å²) in [6.45, 7) is 5.98. The molecule has 1 saturated heterocycles. The largest absolute Gasteiger partial charge is 0.344 e. The zero-order chi connectivity index (χ0) is 22.8. The summed E-state index contributed by atoms with van der Waals surface area (Å²) in [4.78, 5) is 37.3. The van der Waals surface area contributed by atoms with Crippen LogP contribution in [0.15, 0.2) is 29.2 Å². The van der Waals surface area contributed by atoms with E-state index in [2.05, 4.69) is 22.4 Å². The number of amides is 4. The van der Waals surface area contributed by atoms with Crippen molar-refractivity contribution in [2.45, 2.75) is 69.2 Å². The second kappa shape index (κ2) is 8.96. The lowest BCUT2D eigenvalue weighted by molar-refractivity contribution is -0.140. The number of hydrazine groups is 1. The topological polar surface area (TPSA) is 125 Å². The van der Waals surface area contributed by atoms with Gasteiger partial charge in [0.15, 0.2) is 0 Å². The monoisotopic (exact) mass is 450 g/mol. The van der Waals surface area contributed by atoms with Crippen LogP contribution in [0.5, 0.6) is 0 Å². The van der Waals surface area contributed by atoms with Crippen molar-refractivity contribution >= 4 is 27.9 Å². The van der Waals surface area contributed by atoms with Crippen LogP contribution in [0.4, 0.5) is 4.79 Å². The minimum Gasteiger partial charge on any atom is -0.322 e. The molecule has 0 aromatic heterocycles. The molecule has 1 aliphatic carbocycles. The van der Waals surface area contributed by atoms with Gasteiger partial charge in [-0.3, -0.25) is 15.0 Å². The Balaban J connectivity index is 1.52. The Morgan fingerprint density at radius 3 is 2.39 bits per heavy atom. The Hall–Kier alpha value is -2.46. The third kappa shape index (κ3) is 5.07. The molecule has 1 aromatic rings. The molecule has 1 saturated carbocycles. The fraction of sp³-hybridized carbons (Fsp3) is 0.571. The van der Waals surface area contributed by atoms with E-state index in [4.69, 9.17) is 0 Å². The summed E-state index contributed by atoms with van der Waals surface area (Å²) in [6, 6.07) is 5.90. The summed E-state index contributed by atoms with van der Waals surface area (Å²) < 4.78 is 27.2. The van der Waals surface area contributed by atoms with Crippen LogP contribution in [0, 0.1) is 5.92 Å². The molecule has 0 atom stereocenters. The van der Waals surface area contributed by atoms with E-state index in [0.29, 0.717) is 18.8 Å². The van der Waals surface area contributed by atoms with Gasteiger partial charge in [-0.1, -0.05) is 32.9 Å². The van der Waals surface area contributed by atoms with Gasteiger partial charge in [0.2, 0.25) is 15.9 Å². The number of rotatable bonds is 7. The Morgan fingerprint density at radius 2 is 1.81 bits per heavy atom. The van der Waals surface area contributed by atoms with E-state index in [1.54, 1.807) is 12.1 Å². The maximum absolute atomic E-state index is 12.7. The molecule has 2 fully saturated rings. The second-order valence-electron chi connectivity index (χ2n) is 8.74. The predicted molar refractivity (Wildman–Crippen MR) is 114 cm³/mol. The van der Waals surface area contributed by atoms with E-state index in [1.807, 2.05) is 13.8 Å². The van der Waals surface area contributed by atoms with Gasteiger partial charge in [-0.2, -0.15) is 5.01 Å². The SMILES string of the molecule is CC1CCC2(CC1)NC(=O)N(NC(=O)CCNS(=O)(=O)c1ccc(C(C)C)cc1)C2=O. The molecule has 9 nitrogen and oxygen atoms in total. The standard InChI is InChI=1S/C21H30N4O5S/c1-14(2)16-4-6-17(7-5-16)31(29,30)22-13-10-18(26)24-25-19(27)21(23-20(25)28)11-8-15(3)9-12-21/h4-7,14-15,22H,8-13H2,1-3H3,(H,23,28)(H,24,26). The van der Waals surface area contributed by atoms with E-state index >= 15 is 0 Å². The third-order valence-corrected chi connectivity index (χ3v) is 7.50. The molecule has 4 amide bonds. The van der Waals surface area contributed by atoms with Crippen LogP contribution in [0.3, 0.4) is 0 Å². The van der Waals surface area contributed by atoms with Crippen LogP contribution in [0.25, 0.3) is 0 Å². The van der Waals surface area contributed by atoms with Crippen molar-refractivity contribution in [2.75, 3.05) is 6.54 Å². The fourth-order valence-electron chi connectivity index (χ4n) is 3.91. The number of urea groups is 1. The molecule has 1 aromatic carbocycles. The zero-order valence-electron chi connectivity index (χ0n) is 18.1. The maximum Gasteiger partial charge on any atom is 0.344 e. The van der Waals surface area contributed by atoms with Gasteiger partial charge >= 0.3 is 6.03 Å². The lowest BCUT2D eigenvalue weighted by Crippen LogP contribution is -2.51. The molecule has 1 spiro atoms. The second-order valence-corrected chi connectivity index (χ2v) is 10.5. The Kier molecular flexibility index (Phi) is 6.70. The molecule has 3 rings (SSSR count). The molecule has 0 bridgehead atoms. The molecule has 1 aliphatic heterocycles. The van der Waals surface area contributed by atoms with E-state index in [9.17, 15) is 22.8 Å². The summed E-state index contributed by atoms with van der Waals surface area (Å²) in [5.74, 6) is -0.296. The van der Waals surface area contributed by atoms with Crippen LogP contribution in [0.1, 0.15) is 64.4 Å². The van der Waals surface area contributed by atoms with Crippen molar-refractivity contribution < 1.29 is 22.8 Å². The highest BCUT2D eigenvalue weighted by Gasteiger charge is 2.52. The maximum atomic E-state index is 12.7. The molecule has 1 heterocycles. The average molecular weight is 451 g/mol. The average Bonchev–Trinajstić information content (AvgIpc) is 2.94. The Labute approximate surface area is 183 Å². The summed E-state index contributed by atoms with van der Waals surface area (Å²) in [5, 5.41) is 3.44. The minimum absolute atomic E-state index is 0.111. The van der Waals surface area contributed by atoms with E-state index in [0.717, 1.165) is 23.4 Å². The number of hydrogen-bond donors (Lipinski definition) is 3. The van der Waals surface area contributed by atoms with Crippen molar-refractivity contribution in [1.82, 2.24) is 20.5 Å². The molecule has 0 unspecified atom stereocenters. The third-order valence-electron chi connectivity index (χ3n) is 6.03.